The number of ether oxygens (including phenoxy) is 2. The number of rotatable bonds is 9. The van der Waals surface area contributed by atoms with Crippen molar-refractivity contribution in [2.24, 2.45) is 0 Å². The van der Waals surface area contributed by atoms with Crippen LogP contribution in [0.3, 0.4) is 0 Å². The van der Waals surface area contributed by atoms with Crippen LogP contribution >= 0.6 is 11.8 Å². The topological polar surface area (TPSA) is 71.3 Å². The Kier molecular flexibility index (Phi) is 7.67. The number of carbonyl (C=O) groups excluding carboxylic acids is 1. The first-order chi connectivity index (χ1) is 12.2. The summed E-state index contributed by atoms with van der Waals surface area (Å²) in [5, 5.41) is 11.5. The molecule has 0 heterocycles. The van der Waals surface area contributed by atoms with E-state index in [9.17, 15) is 4.79 Å². The molecule has 0 aliphatic rings. The molecule has 0 spiro atoms. The number of amides is 1. The highest BCUT2D eigenvalue weighted by atomic mass is 32.2. The Balaban J connectivity index is 1.61. The van der Waals surface area contributed by atoms with Gasteiger partial charge in [-0.3, -0.25) is 4.79 Å². The molecule has 0 fully saturated rings. The monoisotopic (exact) mass is 356 g/mol. The van der Waals surface area contributed by atoms with Gasteiger partial charge in [-0.1, -0.05) is 0 Å². The first kappa shape index (κ1) is 18.7. The van der Waals surface area contributed by atoms with E-state index >= 15 is 0 Å². The van der Waals surface area contributed by atoms with E-state index in [1.165, 1.54) is 11.8 Å². The zero-order valence-corrected chi connectivity index (χ0v) is 14.8. The van der Waals surface area contributed by atoms with Gasteiger partial charge in [-0.25, -0.2) is 0 Å². The van der Waals surface area contributed by atoms with E-state index in [0.717, 1.165) is 11.5 Å². The van der Waals surface area contributed by atoms with Crippen molar-refractivity contribution in [2.45, 2.75) is 6.92 Å². The van der Waals surface area contributed by atoms with Crippen molar-refractivity contribution in [1.29, 1.82) is 5.26 Å². The normalized spacial score (nSPS) is 9.92. The van der Waals surface area contributed by atoms with Crippen LogP contribution in [-0.4, -0.2) is 30.6 Å². The number of anilines is 1. The van der Waals surface area contributed by atoms with Gasteiger partial charge < -0.3 is 14.8 Å². The highest BCUT2D eigenvalue weighted by molar-refractivity contribution is 7.99. The number of nitriles is 1. The number of nitrogens with one attached hydrogen (secondary N) is 1. The molecule has 0 aliphatic heterocycles. The molecule has 130 valence electrons. The van der Waals surface area contributed by atoms with Gasteiger partial charge in [0.1, 0.15) is 11.5 Å². The van der Waals surface area contributed by atoms with Crippen LogP contribution in [0, 0.1) is 11.3 Å². The first-order valence-electron chi connectivity index (χ1n) is 7.94. The highest BCUT2D eigenvalue weighted by Gasteiger charge is 2.03. The fraction of sp³-hybridized carbons (Fsp3) is 0.263. The molecule has 6 heteroatoms. The number of nitrogens with zero attached hydrogens (tertiary/aromatic N) is 1. The fourth-order valence-electron chi connectivity index (χ4n) is 2.01. The second-order valence-electron chi connectivity index (χ2n) is 5.04. The first-order valence-corrected chi connectivity index (χ1v) is 9.10. The van der Waals surface area contributed by atoms with E-state index in [0.29, 0.717) is 36.0 Å². The zero-order chi connectivity index (χ0) is 17.9. The van der Waals surface area contributed by atoms with Gasteiger partial charge in [0.25, 0.3) is 0 Å². The van der Waals surface area contributed by atoms with Gasteiger partial charge >= 0.3 is 0 Å². The van der Waals surface area contributed by atoms with Crippen LogP contribution in [0.4, 0.5) is 5.69 Å². The summed E-state index contributed by atoms with van der Waals surface area (Å²) < 4.78 is 11.0. The fourth-order valence-corrected chi connectivity index (χ4v) is 2.61. The minimum Gasteiger partial charge on any atom is -0.494 e. The maximum atomic E-state index is 11.8. The summed E-state index contributed by atoms with van der Waals surface area (Å²) >= 11 is 1.50. The predicted octanol–water partition coefficient (Wildman–Crippen LogP) is 3.71. The summed E-state index contributed by atoms with van der Waals surface area (Å²) in [5.74, 6) is 2.60. The lowest BCUT2D eigenvalue weighted by atomic mass is 10.2. The molecule has 0 unspecified atom stereocenters. The average Bonchev–Trinajstić information content (AvgIpc) is 2.64. The maximum absolute atomic E-state index is 11.8. The van der Waals surface area contributed by atoms with Gasteiger partial charge in [-0.2, -0.15) is 5.26 Å². The number of benzene rings is 2. The molecule has 2 aromatic rings. The number of thioether (sulfide) groups is 1. The molecule has 0 bridgehead atoms. The summed E-state index contributed by atoms with van der Waals surface area (Å²) in [6.45, 7) is 3.11. The minimum atomic E-state index is -0.0734. The van der Waals surface area contributed by atoms with Crippen molar-refractivity contribution in [2.75, 3.05) is 30.0 Å². The van der Waals surface area contributed by atoms with Crippen LogP contribution in [0.15, 0.2) is 48.5 Å². The summed E-state index contributed by atoms with van der Waals surface area (Å²) in [7, 11) is 0. The van der Waals surface area contributed by atoms with E-state index in [2.05, 4.69) is 5.32 Å². The molecular weight excluding hydrogens is 336 g/mol. The summed E-state index contributed by atoms with van der Waals surface area (Å²) in [6, 6.07) is 16.3. The summed E-state index contributed by atoms with van der Waals surface area (Å²) in [4.78, 5) is 11.8. The Morgan fingerprint density at radius 2 is 1.72 bits per heavy atom. The molecular formula is C19H20N2O3S. The quantitative estimate of drug-likeness (QED) is 0.694. The molecule has 0 radical (unpaired) electrons. The molecule has 25 heavy (non-hydrogen) atoms. The van der Waals surface area contributed by atoms with Gasteiger partial charge in [0.15, 0.2) is 0 Å². The largest absolute Gasteiger partial charge is 0.494 e. The van der Waals surface area contributed by atoms with Crippen LogP contribution in [0.5, 0.6) is 11.5 Å². The third-order valence-electron chi connectivity index (χ3n) is 3.16. The summed E-state index contributed by atoms with van der Waals surface area (Å²) in [6.07, 6.45) is 0. The minimum absolute atomic E-state index is 0.0734. The molecule has 0 aromatic heterocycles. The molecule has 2 rings (SSSR count). The number of hydrogen-bond acceptors (Lipinski definition) is 5. The molecule has 0 aliphatic carbocycles. The van der Waals surface area contributed by atoms with Crippen molar-refractivity contribution >= 4 is 23.4 Å². The van der Waals surface area contributed by atoms with Gasteiger partial charge in [-0.15, -0.1) is 11.8 Å². The Bertz CT molecular complexity index is 709. The van der Waals surface area contributed by atoms with E-state index < -0.39 is 0 Å². The molecule has 2 aromatic carbocycles. The van der Waals surface area contributed by atoms with Crippen LogP contribution < -0.4 is 14.8 Å². The van der Waals surface area contributed by atoms with Crippen molar-refractivity contribution in [1.82, 2.24) is 0 Å². The van der Waals surface area contributed by atoms with Crippen LogP contribution in [-0.2, 0) is 4.79 Å². The van der Waals surface area contributed by atoms with Crippen molar-refractivity contribution in [3.05, 3.63) is 54.1 Å². The van der Waals surface area contributed by atoms with Crippen molar-refractivity contribution in [3.8, 4) is 17.6 Å². The lowest BCUT2D eigenvalue weighted by Gasteiger charge is -2.08. The third-order valence-corrected chi connectivity index (χ3v) is 4.08. The van der Waals surface area contributed by atoms with E-state index in [4.69, 9.17) is 14.7 Å². The number of hydrogen-bond donors (Lipinski definition) is 1. The van der Waals surface area contributed by atoms with Gasteiger partial charge in [0.05, 0.1) is 30.6 Å². The van der Waals surface area contributed by atoms with Crippen molar-refractivity contribution in [3.63, 3.8) is 0 Å². The Morgan fingerprint density at radius 3 is 2.32 bits per heavy atom. The molecule has 0 saturated heterocycles. The molecule has 1 amide bonds. The SMILES string of the molecule is CCOc1ccc(OCCSCC(=O)Nc2ccc(C#N)cc2)cc1. The molecule has 0 atom stereocenters. The standard InChI is InChI=1S/C19H20N2O3S/c1-2-23-17-7-9-18(10-8-17)24-11-12-25-14-19(22)21-16-5-3-15(13-20)4-6-16/h3-10H,2,11-12,14H2,1H3,(H,21,22). The van der Waals surface area contributed by atoms with Crippen LogP contribution in [0.1, 0.15) is 12.5 Å². The van der Waals surface area contributed by atoms with Gasteiger partial charge in [0.2, 0.25) is 5.91 Å². The third kappa shape index (κ3) is 6.77. The van der Waals surface area contributed by atoms with Crippen molar-refractivity contribution < 1.29 is 14.3 Å². The zero-order valence-electron chi connectivity index (χ0n) is 14.0. The van der Waals surface area contributed by atoms with Gasteiger partial charge in [0, 0.05) is 11.4 Å². The highest BCUT2D eigenvalue weighted by Crippen LogP contribution is 2.17. The Morgan fingerprint density at radius 1 is 1.08 bits per heavy atom. The van der Waals surface area contributed by atoms with Gasteiger partial charge in [-0.05, 0) is 55.5 Å². The Labute approximate surface area is 151 Å². The maximum Gasteiger partial charge on any atom is 0.234 e. The molecule has 5 nitrogen and oxygen atoms in total. The van der Waals surface area contributed by atoms with E-state index in [1.807, 2.05) is 37.3 Å². The van der Waals surface area contributed by atoms with E-state index in [-0.39, 0.29) is 5.91 Å². The summed E-state index contributed by atoms with van der Waals surface area (Å²) in [5.41, 5.74) is 1.26. The average molecular weight is 356 g/mol. The lowest BCUT2D eigenvalue weighted by Crippen LogP contribution is -2.15. The molecule has 0 saturated carbocycles. The second kappa shape index (κ2) is 10.3. The smallest absolute Gasteiger partial charge is 0.234 e. The van der Waals surface area contributed by atoms with Crippen LogP contribution in [0.2, 0.25) is 0 Å². The van der Waals surface area contributed by atoms with Crippen LogP contribution in [0.25, 0.3) is 0 Å². The Hall–Kier alpha value is -2.65. The van der Waals surface area contributed by atoms with E-state index in [1.54, 1.807) is 24.3 Å². The second-order valence-corrected chi connectivity index (χ2v) is 6.15. The number of carbonyl (C=O) groups is 1. The lowest BCUT2D eigenvalue weighted by molar-refractivity contribution is -0.113. The predicted molar refractivity (Wildman–Crippen MR) is 100 cm³/mol. The molecule has 1 N–H and O–H groups in total.